The fraction of sp³-hybridized carbons (Fsp3) is 0.400. The first-order chi connectivity index (χ1) is 15.8. The molecule has 2 N–H and O–H groups in total. The van der Waals surface area contributed by atoms with E-state index in [0.717, 1.165) is 42.5 Å². The summed E-state index contributed by atoms with van der Waals surface area (Å²) in [6, 6.07) is 15.3. The minimum absolute atomic E-state index is 0.0728. The van der Waals surface area contributed by atoms with Gasteiger partial charge in [-0.05, 0) is 66.9 Å². The van der Waals surface area contributed by atoms with Gasteiger partial charge in [0.05, 0.1) is 17.2 Å². The van der Waals surface area contributed by atoms with Gasteiger partial charge in [-0.3, -0.25) is 9.69 Å². The van der Waals surface area contributed by atoms with Crippen LogP contribution in [0, 0.1) is 5.92 Å². The number of rotatable bonds is 9. The highest BCUT2D eigenvalue weighted by Gasteiger charge is 2.31. The molecule has 3 aromatic rings. The topological polar surface area (TPSA) is 91.6 Å². The van der Waals surface area contributed by atoms with Crippen molar-refractivity contribution in [1.82, 2.24) is 14.9 Å². The second kappa shape index (κ2) is 10.1. The molecule has 2 aromatic carbocycles. The molecule has 2 heterocycles. The van der Waals surface area contributed by atoms with E-state index >= 15 is 0 Å². The van der Waals surface area contributed by atoms with Crippen molar-refractivity contribution in [2.75, 3.05) is 19.6 Å². The molecule has 1 amide bonds. The van der Waals surface area contributed by atoms with Gasteiger partial charge in [-0.15, -0.1) is 0 Å². The van der Waals surface area contributed by atoms with E-state index < -0.39 is 16.1 Å². The van der Waals surface area contributed by atoms with Gasteiger partial charge in [-0.2, -0.15) is 4.72 Å². The second-order valence-corrected chi connectivity index (χ2v) is 10.6. The summed E-state index contributed by atoms with van der Waals surface area (Å²) in [5.74, 6) is 0.231. The third-order valence-corrected chi connectivity index (χ3v) is 7.62. The van der Waals surface area contributed by atoms with Gasteiger partial charge in [0.2, 0.25) is 15.9 Å². The number of hydrogen-bond acceptors (Lipinski definition) is 5. The Hall–Kier alpha value is -2.68. The molecule has 7 nitrogen and oxygen atoms in total. The van der Waals surface area contributed by atoms with Crippen LogP contribution in [-0.2, 0) is 14.8 Å². The Kier molecular flexibility index (Phi) is 7.17. The highest BCUT2D eigenvalue weighted by atomic mass is 32.2. The second-order valence-electron chi connectivity index (χ2n) is 8.87. The minimum atomic E-state index is -3.88. The van der Waals surface area contributed by atoms with Crippen LogP contribution < -0.4 is 10.0 Å². The average Bonchev–Trinajstić information content (AvgIpc) is 3.52. The molecule has 33 heavy (non-hydrogen) atoms. The normalized spacial score (nSPS) is 16.8. The van der Waals surface area contributed by atoms with Crippen molar-refractivity contribution >= 4 is 26.7 Å². The molecule has 0 radical (unpaired) electrons. The number of nitrogens with one attached hydrogen (secondary N) is 2. The van der Waals surface area contributed by atoms with E-state index in [-0.39, 0.29) is 22.8 Å². The van der Waals surface area contributed by atoms with Crippen molar-refractivity contribution < 1.29 is 17.6 Å². The largest absolute Gasteiger partial charge is 0.468 e. The number of likely N-dealkylation sites (tertiary alicyclic amines) is 1. The number of carbonyl (C=O) groups is 1. The zero-order valence-corrected chi connectivity index (χ0v) is 19.8. The zero-order chi connectivity index (χ0) is 23.4. The number of furan rings is 1. The van der Waals surface area contributed by atoms with Crippen LogP contribution in [0.4, 0.5) is 0 Å². The maximum absolute atomic E-state index is 13.1. The molecular formula is C25H31N3O4S. The molecule has 176 valence electrons. The molecule has 2 atom stereocenters. The van der Waals surface area contributed by atoms with E-state index in [4.69, 9.17) is 4.42 Å². The third-order valence-electron chi connectivity index (χ3n) is 6.19. The molecule has 0 saturated carbocycles. The number of carbonyl (C=O) groups excluding carboxylic acids is 1. The zero-order valence-electron chi connectivity index (χ0n) is 19.0. The van der Waals surface area contributed by atoms with Crippen LogP contribution in [0.3, 0.4) is 0 Å². The molecule has 0 aliphatic carbocycles. The first-order valence-corrected chi connectivity index (χ1v) is 12.9. The monoisotopic (exact) mass is 469 g/mol. The Labute approximate surface area is 195 Å². The lowest BCUT2D eigenvalue weighted by molar-refractivity contribution is -0.123. The van der Waals surface area contributed by atoms with Gasteiger partial charge in [0, 0.05) is 6.54 Å². The van der Waals surface area contributed by atoms with Crippen molar-refractivity contribution in [3.05, 3.63) is 66.6 Å². The van der Waals surface area contributed by atoms with Crippen molar-refractivity contribution in [3.63, 3.8) is 0 Å². The first kappa shape index (κ1) is 23.5. The predicted molar refractivity (Wildman–Crippen MR) is 128 cm³/mol. The van der Waals surface area contributed by atoms with E-state index in [0.29, 0.717) is 6.54 Å². The lowest BCUT2D eigenvalue weighted by Crippen LogP contribution is -2.51. The van der Waals surface area contributed by atoms with Crippen LogP contribution in [0.25, 0.3) is 10.8 Å². The molecular weight excluding hydrogens is 438 g/mol. The number of hydrogen-bond donors (Lipinski definition) is 2. The van der Waals surface area contributed by atoms with Gasteiger partial charge in [-0.1, -0.05) is 44.2 Å². The van der Waals surface area contributed by atoms with E-state index in [9.17, 15) is 13.2 Å². The Morgan fingerprint density at radius 1 is 1.03 bits per heavy atom. The van der Waals surface area contributed by atoms with Crippen LogP contribution in [-0.4, -0.2) is 44.9 Å². The third kappa shape index (κ3) is 5.46. The summed E-state index contributed by atoms with van der Waals surface area (Å²) >= 11 is 0. The smallest absolute Gasteiger partial charge is 0.241 e. The average molecular weight is 470 g/mol. The number of benzene rings is 2. The summed E-state index contributed by atoms with van der Waals surface area (Å²) < 4.78 is 34.5. The van der Waals surface area contributed by atoms with Crippen LogP contribution in [0.15, 0.2) is 70.2 Å². The van der Waals surface area contributed by atoms with E-state index in [1.54, 1.807) is 24.5 Å². The number of fused-ring (bicyclic) bond motifs is 1. The summed E-state index contributed by atoms with van der Waals surface area (Å²) in [4.78, 5) is 15.5. The molecule has 2 unspecified atom stereocenters. The number of amides is 1. The predicted octanol–water partition coefficient (Wildman–Crippen LogP) is 3.69. The molecule has 0 bridgehead atoms. The van der Waals surface area contributed by atoms with E-state index in [1.807, 2.05) is 50.2 Å². The fourth-order valence-electron chi connectivity index (χ4n) is 4.31. The standard InChI is InChI=1S/C25H31N3O4S/c1-18(2)24(27-33(30,31)21-12-11-19-8-3-4-9-20(19)16-21)25(29)26-17-22(23-10-7-15-32-23)28-13-5-6-14-28/h3-4,7-12,15-16,18,22,24,27H,5-6,13-14,17H2,1-2H3,(H,26,29). The van der Waals surface area contributed by atoms with Crippen molar-refractivity contribution in [2.45, 2.75) is 43.7 Å². The van der Waals surface area contributed by atoms with Gasteiger partial charge in [0.25, 0.3) is 0 Å². The van der Waals surface area contributed by atoms with Crippen LogP contribution >= 0.6 is 0 Å². The Bertz CT molecular complexity index is 1190. The van der Waals surface area contributed by atoms with E-state index in [1.165, 1.54) is 0 Å². The van der Waals surface area contributed by atoms with Gasteiger partial charge in [0.15, 0.2) is 0 Å². The lowest BCUT2D eigenvalue weighted by Gasteiger charge is -2.28. The lowest BCUT2D eigenvalue weighted by atomic mass is 10.0. The van der Waals surface area contributed by atoms with Crippen LogP contribution in [0.2, 0.25) is 0 Å². The molecule has 1 aliphatic heterocycles. The van der Waals surface area contributed by atoms with Gasteiger partial charge >= 0.3 is 0 Å². The van der Waals surface area contributed by atoms with Crippen LogP contribution in [0.5, 0.6) is 0 Å². The molecule has 0 spiro atoms. The summed E-state index contributed by atoms with van der Waals surface area (Å²) in [6.45, 7) is 5.91. The van der Waals surface area contributed by atoms with Gasteiger partial charge in [-0.25, -0.2) is 8.42 Å². The highest BCUT2D eigenvalue weighted by Crippen LogP contribution is 2.25. The Morgan fingerprint density at radius 2 is 1.76 bits per heavy atom. The van der Waals surface area contributed by atoms with Gasteiger partial charge < -0.3 is 9.73 Å². The number of nitrogens with zero attached hydrogens (tertiary/aromatic N) is 1. The van der Waals surface area contributed by atoms with E-state index in [2.05, 4.69) is 14.9 Å². The number of sulfonamides is 1. The molecule has 1 aromatic heterocycles. The first-order valence-electron chi connectivity index (χ1n) is 11.4. The molecule has 8 heteroatoms. The quantitative estimate of drug-likeness (QED) is 0.499. The van der Waals surface area contributed by atoms with Crippen LogP contribution in [0.1, 0.15) is 38.5 Å². The fourth-order valence-corrected chi connectivity index (χ4v) is 5.69. The van der Waals surface area contributed by atoms with Gasteiger partial charge in [0.1, 0.15) is 11.8 Å². The van der Waals surface area contributed by atoms with Crippen molar-refractivity contribution in [2.24, 2.45) is 5.92 Å². The summed E-state index contributed by atoms with van der Waals surface area (Å²) in [6.07, 6.45) is 3.87. The summed E-state index contributed by atoms with van der Waals surface area (Å²) in [5.41, 5.74) is 0. The van der Waals surface area contributed by atoms with Crippen molar-refractivity contribution in [1.29, 1.82) is 0 Å². The highest BCUT2D eigenvalue weighted by molar-refractivity contribution is 7.89. The minimum Gasteiger partial charge on any atom is -0.468 e. The SMILES string of the molecule is CC(C)C(NS(=O)(=O)c1ccc2ccccc2c1)C(=O)NCC(c1ccco1)N1CCCC1. The summed E-state index contributed by atoms with van der Waals surface area (Å²) in [7, 11) is -3.88. The molecule has 4 rings (SSSR count). The molecule has 1 saturated heterocycles. The molecule has 1 aliphatic rings. The Morgan fingerprint density at radius 3 is 2.42 bits per heavy atom. The molecule has 1 fully saturated rings. The Balaban J connectivity index is 1.48. The summed E-state index contributed by atoms with van der Waals surface area (Å²) in [5, 5.41) is 4.76. The maximum Gasteiger partial charge on any atom is 0.241 e. The maximum atomic E-state index is 13.1. The van der Waals surface area contributed by atoms with Crippen molar-refractivity contribution in [3.8, 4) is 0 Å².